The molecule has 0 spiro atoms. The summed E-state index contributed by atoms with van der Waals surface area (Å²) in [4.78, 5) is 3.88. The molecule has 1 aliphatic rings. The van der Waals surface area contributed by atoms with E-state index in [2.05, 4.69) is 40.7 Å². The van der Waals surface area contributed by atoms with E-state index in [0.29, 0.717) is 0 Å². The van der Waals surface area contributed by atoms with Gasteiger partial charge in [-0.25, -0.2) is 0 Å². The zero-order valence-electron chi connectivity index (χ0n) is 11.5. The third-order valence-electron chi connectivity index (χ3n) is 3.78. The largest absolute Gasteiger partial charge is 0.464 e. The Bertz CT molecular complexity index is 507. The van der Waals surface area contributed by atoms with E-state index in [-0.39, 0.29) is 6.04 Å². The SMILES string of the molecule is Cc1cc([C@H](c2cccs2)N2CCNCC2)oc1C. The molecule has 102 valence electrons. The molecule has 1 atom stereocenters. The summed E-state index contributed by atoms with van der Waals surface area (Å²) in [6.07, 6.45) is 0. The molecule has 0 saturated carbocycles. The number of aryl methyl sites for hydroxylation is 2. The molecule has 4 heteroatoms. The minimum Gasteiger partial charge on any atom is -0.464 e. The number of furan rings is 1. The minimum absolute atomic E-state index is 0.273. The van der Waals surface area contributed by atoms with Gasteiger partial charge in [0.05, 0.1) is 0 Å². The van der Waals surface area contributed by atoms with Gasteiger partial charge in [-0.1, -0.05) is 6.07 Å². The van der Waals surface area contributed by atoms with Crippen LogP contribution in [0.3, 0.4) is 0 Å². The maximum atomic E-state index is 6.00. The van der Waals surface area contributed by atoms with Crippen molar-refractivity contribution in [1.82, 2.24) is 10.2 Å². The molecule has 0 radical (unpaired) electrons. The normalized spacial score (nSPS) is 18.6. The third-order valence-corrected chi connectivity index (χ3v) is 4.71. The monoisotopic (exact) mass is 276 g/mol. The molecule has 1 fully saturated rings. The van der Waals surface area contributed by atoms with Gasteiger partial charge in [-0.15, -0.1) is 11.3 Å². The van der Waals surface area contributed by atoms with E-state index in [1.807, 2.05) is 18.3 Å². The fourth-order valence-electron chi connectivity index (χ4n) is 2.62. The van der Waals surface area contributed by atoms with Gasteiger partial charge >= 0.3 is 0 Å². The summed E-state index contributed by atoms with van der Waals surface area (Å²) < 4.78 is 6.00. The highest BCUT2D eigenvalue weighted by Crippen LogP contribution is 2.34. The van der Waals surface area contributed by atoms with E-state index in [9.17, 15) is 0 Å². The number of hydrogen-bond acceptors (Lipinski definition) is 4. The molecule has 0 unspecified atom stereocenters. The highest BCUT2D eigenvalue weighted by molar-refractivity contribution is 7.10. The van der Waals surface area contributed by atoms with Gasteiger partial charge in [0.25, 0.3) is 0 Å². The zero-order valence-corrected chi connectivity index (χ0v) is 12.3. The first-order valence-electron chi connectivity index (χ1n) is 6.81. The van der Waals surface area contributed by atoms with Crippen molar-refractivity contribution >= 4 is 11.3 Å². The first-order chi connectivity index (χ1) is 9.25. The van der Waals surface area contributed by atoms with Gasteiger partial charge in [-0.3, -0.25) is 4.90 Å². The average Bonchev–Trinajstić information content (AvgIpc) is 3.03. The Labute approximate surface area is 118 Å². The molecule has 2 aromatic heterocycles. The van der Waals surface area contributed by atoms with Crippen LogP contribution in [0.25, 0.3) is 0 Å². The highest BCUT2D eigenvalue weighted by atomic mass is 32.1. The maximum absolute atomic E-state index is 6.00. The van der Waals surface area contributed by atoms with Gasteiger partial charge in [0.1, 0.15) is 17.6 Å². The van der Waals surface area contributed by atoms with Gasteiger partial charge in [-0.05, 0) is 36.9 Å². The Balaban J connectivity index is 1.96. The van der Waals surface area contributed by atoms with Crippen molar-refractivity contribution in [3.8, 4) is 0 Å². The second kappa shape index (κ2) is 5.49. The quantitative estimate of drug-likeness (QED) is 0.934. The van der Waals surface area contributed by atoms with Crippen LogP contribution in [0, 0.1) is 13.8 Å². The van der Waals surface area contributed by atoms with E-state index in [1.54, 1.807) is 0 Å². The summed E-state index contributed by atoms with van der Waals surface area (Å²) in [5, 5.41) is 5.56. The van der Waals surface area contributed by atoms with E-state index >= 15 is 0 Å². The van der Waals surface area contributed by atoms with Crippen LogP contribution in [0.4, 0.5) is 0 Å². The number of nitrogens with zero attached hydrogens (tertiary/aromatic N) is 1. The minimum atomic E-state index is 0.273. The number of piperazine rings is 1. The number of rotatable bonds is 3. The second-order valence-electron chi connectivity index (χ2n) is 5.09. The maximum Gasteiger partial charge on any atom is 0.126 e. The number of nitrogens with one attached hydrogen (secondary N) is 1. The highest BCUT2D eigenvalue weighted by Gasteiger charge is 2.27. The van der Waals surface area contributed by atoms with Crippen LogP contribution in [-0.2, 0) is 0 Å². The fourth-order valence-corrected chi connectivity index (χ4v) is 3.49. The third kappa shape index (κ3) is 2.61. The molecule has 3 heterocycles. The number of hydrogen-bond donors (Lipinski definition) is 1. The van der Waals surface area contributed by atoms with Gasteiger partial charge < -0.3 is 9.73 Å². The Morgan fingerprint density at radius 2 is 2.11 bits per heavy atom. The zero-order chi connectivity index (χ0) is 13.2. The molecule has 0 aliphatic carbocycles. The summed E-state index contributed by atoms with van der Waals surface area (Å²) in [5.41, 5.74) is 1.24. The van der Waals surface area contributed by atoms with Gasteiger partial charge in [0.2, 0.25) is 0 Å². The Hall–Kier alpha value is -1.10. The Morgan fingerprint density at radius 1 is 1.32 bits per heavy atom. The predicted octanol–water partition coefficient (Wildman–Crippen LogP) is 2.95. The standard InChI is InChI=1S/C15H20N2OS/c1-11-10-13(18-12(11)2)15(14-4-3-9-19-14)17-7-5-16-6-8-17/h3-4,9-10,15-16H,5-8H2,1-2H3/t15-/m1/s1. The van der Waals surface area contributed by atoms with Gasteiger partial charge in [-0.2, -0.15) is 0 Å². The van der Waals surface area contributed by atoms with Crippen molar-refractivity contribution in [1.29, 1.82) is 0 Å². The van der Waals surface area contributed by atoms with E-state index in [4.69, 9.17) is 4.42 Å². The molecule has 1 N–H and O–H groups in total. The van der Waals surface area contributed by atoms with Crippen molar-refractivity contribution in [2.75, 3.05) is 26.2 Å². The lowest BCUT2D eigenvalue weighted by Crippen LogP contribution is -2.45. The molecular formula is C15H20N2OS. The summed E-state index contributed by atoms with van der Waals surface area (Å²) in [7, 11) is 0. The van der Waals surface area contributed by atoms with Crippen LogP contribution in [0.15, 0.2) is 28.0 Å². The second-order valence-corrected chi connectivity index (χ2v) is 6.07. The molecule has 3 rings (SSSR count). The molecule has 19 heavy (non-hydrogen) atoms. The van der Waals surface area contributed by atoms with Crippen molar-refractivity contribution < 1.29 is 4.42 Å². The lowest BCUT2D eigenvalue weighted by molar-refractivity contribution is 0.181. The number of thiophene rings is 1. The van der Waals surface area contributed by atoms with E-state index in [1.165, 1.54) is 10.4 Å². The van der Waals surface area contributed by atoms with Crippen LogP contribution >= 0.6 is 11.3 Å². The lowest BCUT2D eigenvalue weighted by Gasteiger charge is -2.33. The summed E-state index contributed by atoms with van der Waals surface area (Å²) in [5.74, 6) is 2.12. The van der Waals surface area contributed by atoms with Crippen molar-refractivity contribution in [2.24, 2.45) is 0 Å². The summed E-state index contributed by atoms with van der Waals surface area (Å²) >= 11 is 1.81. The van der Waals surface area contributed by atoms with E-state index in [0.717, 1.165) is 37.7 Å². The van der Waals surface area contributed by atoms with Crippen molar-refractivity contribution in [3.63, 3.8) is 0 Å². The molecule has 0 aromatic carbocycles. The molecule has 3 nitrogen and oxygen atoms in total. The summed E-state index contributed by atoms with van der Waals surface area (Å²) in [6, 6.07) is 6.80. The topological polar surface area (TPSA) is 28.4 Å². The van der Waals surface area contributed by atoms with Crippen LogP contribution in [-0.4, -0.2) is 31.1 Å². The van der Waals surface area contributed by atoms with Crippen LogP contribution in [0.2, 0.25) is 0 Å². The van der Waals surface area contributed by atoms with Crippen LogP contribution in [0.1, 0.15) is 28.0 Å². The van der Waals surface area contributed by atoms with Gasteiger partial charge in [0.15, 0.2) is 0 Å². The molecule has 0 amide bonds. The van der Waals surface area contributed by atoms with E-state index < -0.39 is 0 Å². The summed E-state index contributed by atoms with van der Waals surface area (Å²) in [6.45, 7) is 8.41. The molecule has 0 bridgehead atoms. The smallest absolute Gasteiger partial charge is 0.126 e. The first kappa shape index (κ1) is 12.9. The molecule has 1 aliphatic heterocycles. The molecule has 2 aromatic rings. The van der Waals surface area contributed by atoms with Crippen molar-refractivity contribution in [3.05, 3.63) is 45.5 Å². The fraction of sp³-hybridized carbons (Fsp3) is 0.467. The Morgan fingerprint density at radius 3 is 2.68 bits per heavy atom. The van der Waals surface area contributed by atoms with Gasteiger partial charge in [0, 0.05) is 31.1 Å². The Kier molecular flexibility index (Phi) is 3.73. The molecular weight excluding hydrogens is 256 g/mol. The first-order valence-corrected chi connectivity index (χ1v) is 7.69. The lowest BCUT2D eigenvalue weighted by atomic mass is 10.1. The van der Waals surface area contributed by atoms with Crippen molar-refractivity contribution in [2.45, 2.75) is 19.9 Å². The van der Waals surface area contributed by atoms with Crippen LogP contribution < -0.4 is 5.32 Å². The van der Waals surface area contributed by atoms with Crippen LogP contribution in [0.5, 0.6) is 0 Å². The molecule has 1 saturated heterocycles. The predicted molar refractivity (Wildman–Crippen MR) is 78.8 cm³/mol. The average molecular weight is 276 g/mol.